The third-order valence-electron chi connectivity index (χ3n) is 2.66. The minimum atomic E-state index is -0.577. The number of benzene rings is 1. The molecule has 0 fully saturated rings. The molecule has 0 unspecified atom stereocenters. The first kappa shape index (κ1) is 13.7. The Morgan fingerprint density at radius 1 is 1.47 bits per heavy atom. The highest BCUT2D eigenvalue weighted by atomic mass is 79.9. The van der Waals surface area contributed by atoms with Crippen LogP contribution in [0.3, 0.4) is 0 Å². The molecular formula is C13H12BrFN2O2. The van der Waals surface area contributed by atoms with Crippen molar-refractivity contribution >= 4 is 21.8 Å². The van der Waals surface area contributed by atoms with Gasteiger partial charge in [-0.2, -0.15) is 0 Å². The van der Waals surface area contributed by atoms with Crippen LogP contribution >= 0.6 is 15.9 Å². The summed E-state index contributed by atoms with van der Waals surface area (Å²) in [5.74, 6) is 0.0113. The molecule has 1 heterocycles. The lowest BCUT2D eigenvalue weighted by Crippen LogP contribution is -2.24. The van der Waals surface area contributed by atoms with Gasteiger partial charge in [0.15, 0.2) is 0 Å². The number of aryl methyl sites for hydroxylation is 2. The van der Waals surface area contributed by atoms with Crippen molar-refractivity contribution in [3.05, 3.63) is 51.4 Å². The minimum Gasteiger partial charge on any atom is -0.444 e. The summed E-state index contributed by atoms with van der Waals surface area (Å²) in [6.45, 7) is 3.73. The highest BCUT2D eigenvalue weighted by molar-refractivity contribution is 9.10. The first-order valence-electron chi connectivity index (χ1n) is 5.64. The van der Waals surface area contributed by atoms with Crippen molar-refractivity contribution in [1.29, 1.82) is 0 Å². The molecule has 1 amide bonds. The average Bonchev–Trinajstić information content (AvgIpc) is 2.66. The summed E-state index contributed by atoms with van der Waals surface area (Å²) in [6, 6.07) is 4.37. The van der Waals surface area contributed by atoms with E-state index in [-0.39, 0.29) is 12.1 Å². The zero-order valence-corrected chi connectivity index (χ0v) is 12.0. The van der Waals surface area contributed by atoms with Gasteiger partial charge in [0.2, 0.25) is 5.89 Å². The highest BCUT2D eigenvalue weighted by Gasteiger charge is 2.16. The molecule has 1 aromatic carbocycles. The molecule has 100 valence electrons. The van der Waals surface area contributed by atoms with Gasteiger partial charge >= 0.3 is 0 Å². The summed E-state index contributed by atoms with van der Waals surface area (Å²) in [7, 11) is 0. The Hall–Kier alpha value is -1.69. The van der Waals surface area contributed by atoms with E-state index >= 15 is 0 Å². The Kier molecular flexibility index (Phi) is 3.99. The lowest BCUT2D eigenvalue weighted by atomic mass is 10.2. The molecule has 0 aliphatic carbocycles. The molecule has 2 aromatic rings. The second-order valence-corrected chi connectivity index (χ2v) is 4.88. The normalized spacial score (nSPS) is 10.5. The van der Waals surface area contributed by atoms with Crippen LogP contribution in [-0.4, -0.2) is 10.9 Å². The quantitative estimate of drug-likeness (QED) is 0.942. The molecule has 0 saturated carbocycles. The van der Waals surface area contributed by atoms with Gasteiger partial charge in [-0.05, 0) is 41.9 Å². The number of oxazole rings is 1. The molecule has 0 aliphatic heterocycles. The Bertz CT molecular complexity index is 585. The van der Waals surface area contributed by atoms with E-state index in [2.05, 4.69) is 26.2 Å². The number of nitrogens with one attached hydrogen (secondary N) is 1. The SMILES string of the molecule is Cc1nc(CNC(=O)c2c(F)cccc2Br)oc1C. The van der Waals surface area contributed by atoms with Gasteiger partial charge in [0, 0.05) is 4.47 Å². The zero-order valence-electron chi connectivity index (χ0n) is 10.5. The number of hydrogen-bond acceptors (Lipinski definition) is 3. The number of rotatable bonds is 3. The van der Waals surface area contributed by atoms with Gasteiger partial charge in [-0.25, -0.2) is 9.37 Å². The van der Waals surface area contributed by atoms with Crippen LogP contribution in [0.1, 0.15) is 27.7 Å². The van der Waals surface area contributed by atoms with Crippen LogP contribution in [0, 0.1) is 19.7 Å². The van der Waals surface area contributed by atoms with Crippen molar-refractivity contribution in [3.8, 4) is 0 Å². The van der Waals surface area contributed by atoms with Gasteiger partial charge in [-0.15, -0.1) is 0 Å². The van der Waals surface area contributed by atoms with E-state index in [1.165, 1.54) is 12.1 Å². The summed E-state index contributed by atoms with van der Waals surface area (Å²) >= 11 is 3.15. The summed E-state index contributed by atoms with van der Waals surface area (Å²) in [5, 5.41) is 2.57. The topological polar surface area (TPSA) is 55.1 Å². The fraction of sp³-hybridized carbons (Fsp3) is 0.231. The van der Waals surface area contributed by atoms with Crippen LogP contribution in [0.2, 0.25) is 0 Å². The first-order valence-corrected chi connectivity index (χ1v) is 6.43. The summed E-state index contributed by atoms with van der Waals surface area (Å²) in [5.41, 5.74) is 0.749. The maximum Gasteiger partial charge on any atom is 0.255 e. The van der Waals surface area contributed by atoms with Gasteiger partial charge < -0.3 is 9.73 Å². The second-order valence-electron chi connectivity index (χ2n) is 4.03. The molecule has 0 bridgehead atoms. The zero-order chi connectivity index (χ0) is 14.0. The Morgan fingerprint density at radius 3 is 2.79 bits per heavy atom. The van der Waals surface area contributed by atoms with E-state index in [1.54, 1.807) is 13.0 Å². The van der Waals surface area contributed by atoms with Crippen molar-refractivity contribution in [2.24, 2.45) is 0 Å². The van der Waals surface area contributed by atoms with E-state index in [1.807, 2.05) is 6.92 Å². The highest BCUT2D eigenvalue weighted by Crippen LogP contribution is 2.19. The van der Waals surface area contributed by atoms with Crippen LogP contribution < -0.4 is 5.32 Å². The van der Waals surface area contributed by atoms with E-state index in [9.17, 15) is 9.18 Å². The lowest BCUT2D eigenvalue weighted by molar-refractivity contribution is 0.0942. The average molecular weight is 327 g/mol. The van der Waals surface area contributed by atoms with Gasteiger partial charge in [-0.3, -0.25) is 4.79 Å². The molecule has 4 nitrogen and oxygen atoms in total. The Labute approximate surface area is 118 Å². The molecule has 1 N–H and O–H groups in total. The number of aromatic nitrogens is 1. The number of carbonyl (C=O) groups excluding carboxylic acids is 1. The maximum atomic E-state index is 13.6. The molecule has 0 spiro atoms. The Balaban J connectivity index is 2.09. The molecule has 0 radical (unpaired) electrons. The van der Waals surface area contributed by atoms with Gasteiger partial charge in [0.1, 0.15) is 11.6 Å². The van der Waals surface area contributed by atoms with Crippen LogP contribution in [0.15, 0.2) is 27.1 Å². The molecule has 0 atom stereocenters. The van der Waals surface area contributed by atoms with Crippen LogP contribution in [0.25, 0.3) is 0 Å². The van der Waals surface area contributed by atoms with Crippen LogP contribution in [0.4, 0.5) is 4.39 Å². The predicted octanol–water partition coefficient (Wildman–Crippen LogP) is 3.12. The summed E-state index contributed by atoms with van der Waals surface area (Å²) < 4.78 is 19.3. The molecule has 0 saturated heterocycles. The second kappa shape index (κ2) is 5.52. The number of nitrogens with zero attached hydrogens (tertiary/aromatic N) is 1. The molecule has 19 heavy (non-hydrogen) atoms. The maximum absolute atomic E-state index is 13.6. The smallest absolute Gasteiger partial charge is 0.255 e. The van der Waals surface area contributed by atoms with Crippen molar-refractivity contribution in [2.75, 3.05) is 0 Å². The fourth-order valence-corrected chi connectivity index (χ4v) is 2.10. The monoisotopic (exact) mass is 326 g/mol. The fourth-order valence-electron chi connectivity index (χ4n) is 1.57. The van der Waals surface area contributed by atoms with Crippen molar-refractivity contribution in [3.63, 3.8) is 0 Å². The van der Waals surface area contributed by atoms with E-state index < -0.39 is 11.7 Å². The van der Waals surface area contributed by atoms with E-state index in [0.29, 0.717) is 16.1 Å². The summed E-state index contributed by atoms with van der Waals surface area (Å²) in [4.78, 5) is 16.0. The van der Waals surface area contributed by atoms with Gasteiger partial charge in [0.25, 0.3) is 5.91 Å². The predicted molar refractivity (Wildman–Crippen MR) is 71.2 cm³/mol. The number of carbonyl (C=O) groups is 1. The van der Waals surface area contributed by atoms with E-state index in [0.717, 1.165) is 5.69 Å². The minimum absolute atomic E-state index is 0.0255. The molecule has 1 aromatic heterocycles. The molecule has 6 heteroatoms. The standard InChI is InChI=1S/C13H12BrFN2O2/c1-7-8(2)19-11(17-7)6-16-13(18)12-9(14)4-3-5-10(12)15/h3-5H,6H2,1-2H3,(H,16,18). The van der Waals surface area contributed by atoms with E-state index in [4.69, 9.17) is 4.42 Å². The first-order chi connectivity index (χ1) is 8.99. The lowest BCUT2D eigenvalue weighted by Gasteiger charge is -2.06. The van der Waals surface area contributed by atoms with Crippen molar-refractivity contribution < 1.29 is 13.6 Å². The number of amides is 1. The van der Waals surface area contributed by atoms with Gasteiger partial charge in [-0.1, -0.05) is 6.07 Å². The Morgan fingerprint density at radius 2 is 2.21 bits per heavy atom. The molecular weight excluding hydrogens is 315 g/mol. The molecule has 0 aliphatic rings. The third-order valence-corrected chi connectivity index (χ3v) is 3.32. The largest absolute Gasteiger partial charge is 0.444 e. The van der Waals surface area contributed by atoms with Crippen molar-refractivity contribution in [2.45, 2.75) is 20.4 Å². The summed E-state index contributed by atoms with van der Waals surface area (Å²) in [6.07, 6.45) is 0. The molecule has 2 rings (SSSR count). The van der Waals surface area contributed by atoms with Crippen LogP contribution in [-0.2, 0) is 6.54 Å². The van der Waals surface area contributed by atoms with Crippen LogP contribution in [0.5, 0.6) is 0 Å². The number of halogens is 2. The third kappa shape index (κ3) is 3.01. The number of hydrogen-bond donors (Lipinski definition) is 1. The van der Waals surface area contributed by atoms with Crippen molar-refractivity contribution in [1.82, 2.24) is 10.3 Å². The van der Waals surface area contributed by atoms with Gasteiger partial charge in [0.05, 0.1) is 17.8 Å².